The Balaban J connectivity index is 2.36. The molecule has 5 heteroatoms. The van der Waals surface area contributed by atoms with E-state index in [2.05, 4.69) is 58.6 Å². The minimum absolute atomic E-state index is 0.129. The van der Waals surface area contributed by atoms with Gasteiger partial charge in [0, 0.05) is 22.1 Å². The van der Waals surface area contributed by atoms with Gasteiger partial charge in [-0.25, -0.2) is 4.98 Å². The lowest BCUT2D eigenvalue weighted by Gasteiger charge is -2.18. The normalized spacial score (nSPS) is 11.2. The molecule has 1 N–H and O–H groups in total. The number of benzene rings is 1. The number of anilines is 1. The molecule has 0 aliphatic rings. The lowest BCUT2D eigenvalue weighted by Crippen LogP contribution is -2.17. The number of ether oxygens (including phenoxy) is 1. The Morgan fingerprint density at radius 2 is 1.90 bits per heavy atom. The molecule has 0 aliphatic heterocycles. The van der Waals surface area contributed by atoms with Gasteiger partial charge >= 0.3 is 0 Å². The van der Waals surface area contributed by atoms with Crippen molar-refractivity contribution >= 4 is 28.4 Å². The Morgan fingerprint density at radius 1 is 1.15 bits per heavy atom. The van der Waals surface area contributed by atoms with Crippen LogP contribution in [-0.4, -0.2) is 17.0 Å². The summed E-state index contributed by atoms with van der Waals surface area (Å²) in [4.78, 5) is 8.98. The van der Waals surface area contributed by atoms with Gasteiger partial charge in [-0.15, -0.1) is 0 Å². The van der Waals surface area contributed by atoms with Gasteiger partial charge in [0.25, 0.3) is 0 Å². The molecule has 2 aromatic rings. The topological polar surface area (TPSA) is 47.0 Å². The summed E-state index contributed by atoms with van der Waals surface area (Å²) in [5, 5.41) is 3.04. The highest BCUT2D eigenvalue weighted by atomic mass is 127. The van der Waals surface area contributed by atoms with Gasteiger partial charge in [-0.2, -0.15) is 4.98 Å². The molecular weight excluding hydrogens is 365 g/mol. The molecule has 0 fully saturated rings. The van der Waals surface area contributed by atoms with Gasteiger partial charge in [0.15, 0.2) is 0 Å². The summed E-state index contributed by atoms with van der Waals surface area (Å²) in [7, 11) is 1.84. The van der Waals surface area contributed by atoms with E-state index >= 15 is 0 Å². The zero-order valence-electron chi connectivity index (χ0n) is 12.1. The standard InChI is InChI=1S/C15H18IN3O/c1-15(2,3)14-18-12(17-4)9-13(19-14)20-11-7-5-6-10(16)8-11/h5-9H,1-4H3,(H,17,18,19). The third-order valence-corrected chi connectivity index (χ3v) is 3.32. The number of nitrogens with one attached hydrogen (secondary N) is 1. The number of nitrogens with zero attached hydrogens (tertiary/aromatic N) is 2. The second kappa shape index (κ2) is 5.95. The van der Waals surface area contributed by atoms with E-state index in [4.69, 9.17) is 4.74 Å². The van der Waals surface area contributed by atoms with Crippen molar-refractivity contribution < 1.29 is 4.74 Å². The van der Waals surface area contributed by atoms with E-state index < -0.39 is 0 Å². The van der Waals surface area contributed by atoms with E-state index in [0.717, 1.165) is 21.0 Å². The molecule has 1 aromatic carbocycles. The minimum Gasteiger partial charge on any atom is -0.439 e. The molecule has 0 amide bonds. The van der Waals surface area contributed by atoms with Gasteiger partial charge in [0.1, 0.15) is 17.4 Å². The maximum Gasteiger partial charge on any atom is 0.224 e. The summed E-state index contributed by atoms with van der Waals surface area (Å²) < 4.78 is 6.97. The highest BCUT2D eigenvalue weighted by Gasteiger charge is 2.19. The maximum atomic E-state index is 5.84. The zero-order chi connectivity index (χ0) is 14.8. The zero-order valence-corrected chi connectivity index (χ0v) is 14.2. The summed E-state index contributed by atoms with van der Waals surface area (Å²) in [6.45, 7) is 6.24. The van der Waals surface area contributed by atoms with Crippen LogP contribution in [0.5, 0.6) is 11.6 Å². The van der Waals surface area contributed by atoms with Crippen LogP contribution in [0.2, 0.25) is 0 Å². The van der Waals surface area contributed by atoms with Crippen molar-refractivity contribution in [2.75, 3.05) is 12.4 Å². The first-order valence-electron chi connectivity index (χ1n) is 6.39. The minimum atomic E-state index is -0.129. The van der Waals surface area contributed by atoms with E-state index in [1.165, 1.54) is 0 Å². The molecular formula is C15H18IN3O. The lowest BCUT2D eigenvalue weighted by atomic mass is 9.96. The molecule has 0 spiro atoms. The molecule has 4 nitrogen and oxygen atoms in total. The lowest BCUT2D eigenvalue weighted by molar-refractivity contribution is 0.446. The second-order valence-electron chi connectivity index (χ2n) is 5.47. The van der Waals surface area contributed by atoms with Gasteiger partial charge in [-0.05, 0) is 40.8 Å². The summed E-state index contributed by atoms with van der Waals surface area (Å²) in [6.07, 6.45) is 0. The summed E-state index contributed by atoms with van der Waals surface area (Å²) >= 11 is 2.26. The van der Waals surface area contributed by atoms with Gasteiger partial charge in [0.2, 0.25) is 5.88 Å². The number of hydrogen-bond acceptors (Lipinski definition) is 4. The maximum absolute atomic E-state index is 5.84. The number of rotatable bonds is 3. The van der Waals surface area contributed by atoms with Crippen LogP contribution in [0.25, 0.3) is 0 Å². The van der Waals surface area contributed by atoms with E-state index in [-0.39, 0.29) is 5.41 Å². The second-order valence-corrected chi connectivity index (χ2v) is 6.72. The molecule has 1 heterocycles. The molecule has 20 heavy (non-hydrogen) atoms. The first-order chi connectivity index (χ1) is 9.38. The van der Waals surface area contributed by atoms with Crippen LogP contribution in [0.3, 0.4) is 0 Å². The quantitative estimate of drug-likeness (QED) is 0.807. The molecule has 0 unspecified atom stereocenters. The van der Waals surface area contributed by atoms with Crippen LogP contribution >= 0.6 is 22.6 Å². The fourth-order valence-electron chi connectivity index (χ4n) is 1.59. The van der Waals surface area contributed by atoms with Gasteiger partial charge < -0.3 is 10.1 Å². The monoisotopic (exact) mass is 383 g/mol. The molecule has 2 rings (SSSR count). The van der Waals surface area contributed by atoms with Gasteiger partial charge in [0.05, 0.1) is 0 Å². The highest BCUT2D eigenvalue weighted by Crippen LogP contribution is 2.26. The average Bonchev–Trinajstić information content (AvgIpc) is 2.37. The Morgan fingerprint density at radius 3 is 2.50 bits per heavy atom. The van der Waals surface area contributed by atoms with Crippen LogP contribution < -0.4 is 10.1 Å². The van der Waals surface area contributed by atoms with E-state index in [1.54, 1.807) is 6.07 Å². The molecule has 106 valence electrons. The van der Waals surface area contributed by atoms with Crippen molar-refractivity contribution in [2.45, 2.75) is 26.2 Å². The molecule has 0 saturated carbocycles. The van der Waals surface area contributed by atoms with Crippen LogP contribution in [-0.2, 0) is 5.41 Å². The van der Waals surface area contributed by atoms with Crippen molar-refractivity contribution in [2.24, 2.45) is 0 Å². The van der Waals surface area contributed by atoms with Crippen molar-refractivity contribution in [1.29, 1.82) is 0 Å². The van der Waals surface area contributed by atoms with Crippen LogP contribution in [0, 0.1) is 3.57 Å². The number of aromatic nitrogens is 2. The van der Waals surface area contributed by atoms with E-state index in [0.29, 0.717) is 5.88 Å². The van der Waals surface area contributed by atoms with Crippen molar-refractivity contribution in [3.8, 4) is 11.6 Å². The Hall–Kier alpha value is -1.37. The Bertz CT molecular complexity index is 608. The number of halogens is 1. The molecule has 0 saturated heterocycles. The molecule has 0 bridgehead atoms. The molecule has 1 aromatic heterocycles. The summed E-state index contributed by atoms with van der Waals surface area (Å²) in [5.74, 6) is 2.84. The number of hydrogen-bond donors (Lipinski definition) is 1. The smallest absolute Gasteiger partial charge is 0.224 e. The Kier molecular flexibility index (Phi) is 4.47. The molecule has 0 atom stereocenters. The van der Waals surface area contributed by atoms with Crippen molar-refractivity contribution in [3.63, 3.8) is 0 Å². The third kappa shape index (κ3) is 3.82. The Labute approximate surface area is 133 Å². The van der Waals surface area contributed by atoms with Crippen LogP contribution in [0.15, 0.2) is 30.3 Å². The third-order valence-electron chi connectivity index (χ3n) is 2.65. The van der Waals surface area contributed by atoms with Crippen molar-refractivity contribution in [3.05, 3.63) is 39.7 Å². The predicted octanol–water partition coefficient (Wildman–Crippen LogP) is 4.21. The average molecular weight is 383 g/mol. The highest BCUT2D eigenvalue weighted by molar-refractivity contribution is 14.1. The summed E-state index contributed by atoms with van der Waals surface area (Å²) in [6, 6.07) is 9.67. The molecule has 0 radical (unpaired) electrons. The fraction of sp³-hybridized carbons (Fsp3) is 0.333. The largest absolute Gasteiger partial charge is 0.439 e. The van der Waals surface area contributed by atoms with Crippen molar-refractivity contribution in [1.82, 2.24) is 9.97 Å². The van der Waals surface area contributed by atoms with Crippen LogP contribution in [0.4, 0.5) is 5.82 Å². The van der Waals surface area contributed by atoms with Crippen LogP contribution in [0.1, 0.15) is 26.6 Å². The van der Waals surface area contributed by atoms with Gasteiger partial charge in [-0.3, -0.25) is 0 Å². The predicted molar refractivity (Wildman–Crippen MR) is 89.5 cm³/mol. The molecule has 0 aliphatic carbocycles. The first kappa shape index (κ1) is 15.0. The van der Waals surface area contributed by atoms with E-state index in [9.17, 15) is 0 Å². The first-order valence-corrected chi connectivity index (χ1v) is 7.47. The van der Waals surface area contributed by atoms with Gasteiger partial charge in [-0.1, -0.05) is 26.8 Å². The fourth-order valence-corrected chi connectivity index (χ4v) is 2.11. The SMILES string of the molecule is CNc1cc(Oc2cccc(I)c2)nc(C(C)(C)C)n1. The van der Waals surface area contributed by atoms with E-state index in [1.807, 2.05) is 31.3 Å². The summed E-state index contributed by atoms with van der Waals surface area (Å²) in [5.41, 5.74) is -0.129.